The van der Waals surface area contributed by atoms with Gasteiger partial charge < -0.3 is 5.32 Å². The Bertz CT molecular complexity index is 550. The largest absolute Gasteiger partial charge is 0.312 e. The molecule has 0 aromatic heterocycles. The van der Waals surface area contributed by atoms with E-state index in [-0.39, 0.29) is 16.0 Å². The lowest BCUT2D eigenvalue weighted by atomic mass is 10.3. The van der Waals surface area contributed by atoms with Crippen molar-refractivity contribution in [3.05, 3.63) is 29.0 Å². The molecule has 4 nitrogen and oxygen atoms in total. The first-order chi connectivity index (χ1) is 8.41. The van der Waals surface area contributed by atoms with Crippen molar-refractivity contribution >= 4 is 21.6 Å². The van der Waals surface area contributed by atoms with Gasteiger partial charge in [-0.05, 0) is 25.1 Å². The van der Waals surface area contributed by atoms with E-state index in [4.69, 9.17) is 11.6 Å². The normalized spacial score (nSPS) is 22.1. The molecule has 2 rings (SSSR count). The third-order valence-electron chi connectivity index (χ3n) is 2.86. The van der Waals surface area contributed by atoms with Crippen LogP contribution in [0.15, 0.2) is 23.1 Å². The van der Waals surface area contributed by atoms with Crippen LogP contribution in [-0.2, 0) is 10.0 Å². The number of nitrogens with zero attached hydrogens (tertiary/aromatic N) is 1. The lowest BCUT2D eigenvalue weighted by Crippen LogP contribution is -2.51. The van der Waals surface area contributed by atoms with Gasteiger partial charge in [0.2, 0.25) is 10.0 Å². The first-order valence-corrected chi connectivity index (χ1v) is 7.41. The number of benzene rings is 1. The zero-order valence-electron chi connectivity index (χ0n) is 9.86. The van der Waals surface area contributed by atoms with Crippen LogP contribution in [0.25, 0.3) is 0 Å². The summed E-state index contributed by atoms with van der Waals surface area (Å²) in [5, 5.41) is 2.98. The van der Waals surface area contributed by atoms with Crippen LogP contribution in [0.3, 0.4) is 0 Å². The van der Waals surface area contributed by atoms with E-state index in [1.807, 2.05) is 6.92 Å². The summed E-state index contributed by atoms with van der Waals surface area (Å²) < 4.78 is 39.1. The minimum absolute atomic E-state index is 0.0306. The first kappa shape index (κ1) is 13.7. The molecule has 1 aromatic carbocycles. The molecular formula is C11H14ClFN2O2S. The topological polar surface area (TPSA) is 49.4 Å². The van der Waals surface area contributed by atoms with Crippen LogP contribution in [0.5, 0.6) is 0 Å². The second kappa shape index (κ2) is 5.13. The number of halogens is 2. The maximum atomic E-state index is 13.0. The lowest BCUT2D eigenvalue weighted by molar-refractivity contribution is 0.310. The van der Waals surface area contributed by atoms with Crippen LogP contribution < -0.4 is 5.32 Å². The van der Waals surface area contributed by atoms with Gasteiger partial charge in [0.15, 0.2) is 0 Å². The Morgan fingerprint density at radius 1 is 1.50 bits per heavy atom. The highest BCUT2D eigenvalue weighted by Crippen LogP contribution is 2.22. The van der Waals surface area contributed by atoms with Crippen LogP contribution in [-0.4, -0.2) is 38.4 Å². The van der Waals surface area contributed by atoms with Crippen LogP contribution in [0.4, 0.5) is 4.39 Å². The van der Waals surface area contributed by atoms with E-state index in [0.717, 1.165) is 12.1 Å². The fourth-order valence-corrected chi connectivity index (χ4v) is 3.70. The Kier molecular flexibility index (Phi) is 3.91. The Hall–Kier alpha value is -0.690. The third kappa shape index (κ3) is 2.66. The van der Waals surface area contributed by atoms with Gasteiger partial charge in [0.25, 0.3) is 0 Å². The van der Waals surface area contributed by atoms with Gasteiger partial charge in [0.1, 0.15) is 5.82 Å². The summed E-state index contributed by atoms with van der Waals surface area (Å²) in [5.74, 6) is -0.621. The van der Waals surface area contributed by atoms with Crippen molar-refractivity contribution in [2.45, 2.75) is 17.9 Å². The number of hydrogen-bond acceptors (Lipinski definition) is 3. The van der Waals surface area contributed by atoms with Crippen LogP contribution in [0.2, 0.25) is 5.02 Å². The van der Waals surface area contributed by atoms with E-state index in [0.29, 0.717) is 19.6 Å². The van der Waals surface area contributed by atoms with E-state index in [1.165, 1.54) is 10.4 Å². The van der Waals surface area contributed by atoms with E-state index < -0.39 is 15.8 Å². The summed E-state index contributed by atoms with van der Waals surface area (Å²) in [6, 6.07) is 3.56. The van der Waals surface area contributed by atoms with Crippen molar-refractivity contribution in [3.63, 3.8) is 0 Å². The molecule has 1 aliphatic rings. The molecule has 7 heteroatoms. The molecule has 0 amide bonds. The number of rotatable bonds is 2. The fourth-order valence-electron chi connectivity index (χ4n) is 1.90. The molecular weight excluding hydrogens is 279 g/mol. The second-order valence-corrected chi connectivity index (χ2v) is 6.64. The Morgan fingerprint density at radius 3 is 2.83 bits per heavy atom. The van der Waals surface area contributed by atoms with Gasteiger partial charge in [-0.1, -0.05) is 11.6 Å². The van der Waals surface area contributed by atoms with Crippen molar-refractivity contribution in [1.82, 2.24) is 9.62 Å². The summed E-state index contributed by atoms with van der Waals surface area (Å²) in [4.78, 5) is 0.0306. The van der Waals surface area contributed by atoms with E-state index in [1.54, 1.807) is 0 Å². The molecule has 1 saturated heterocycles. The van der Waals surface area contributed by atoms with Crippen LogP contribution in [0.1, 0.15) is 6.92 Å². The molecule has 18 heavy (non-hydrogen) atoms. The Labute approximate surface area is 111 Å². The maximum Gasteiger partial charge on any atom is 0.243 e. The molecule has 0 aliphatic carbocycles. The molecule has 0 saturated carbocycles. The average molecular weight is 293 g/mol. The molecule has 1 aromatic rings. The summed E-state index contributed by atoms with van der Waals surface area (Å²) in [6.45, 7) is 3.33. The van der Waals surface area contributed by atoms with E-state index in [2.05, 4.69) is 5.32 Å². The summed E-state index contributed by atoms with van der Waals surface area (Å²) in [7, 11) is -3.59. The van der Waals surface area contributed by atoms with Gasteiger partial charge in [-0.25, -0.2) is 12.8 Å². The Morgan fingerprint density at radius 2 is 2.22 bits per heavy atom. The molecule has 1 heterocycles. The molecule has 1 fully saturated rings. The minimum atomic E-state index is -3.59. The van der Waals surface area contributed by atoms with Crippen LogP contribution in [0, 0.1) is 5.82 Å². The van der Waals surface area contributed by atoms with Gasteiger partial charge in [0.05, 0.1) is 9.92 Å². The highest BCUT2D eigenvalue weighted by atomic mass is 35.5. The number of hydrogen-bond donors (Lipinski definition) is 1. The molecule has 1 aliphatic heterocycles. The standard InChI is InChI=1S/C11H14ClFN2O2S/c1-8-7-15(5-4-14-8)18(16,17)9-2-3-11(13)10(12)6-9/h2-3,6,8,14H,4-5,7H2,1H3/t8-/m1/s1. The molecule has 1 N–H and O–H groups in total. The monoisotopic (exact) mass is 292 g/mol. The molecule has 0 bridgehead atoms. The molecule has 100 valence electrons. The lowest BCUT2D eigenvalue weighted by Gasteiger charge is -2.31. The van der Waals surface area contributed by atoms with Crippen molar-refractivity contribution in [2.75, 3.05) is 19.6 Å². The molecule has 1 atom stereocenters. The predicted molar refractivity (Wildman–Crippen MR) is 67.6 cm³/mol. The second-order valence-electron chi connectivity index (χ2n) is 4.29. The number of piperazine rings is 1. The van der Waals surface area contributed by atoms with Gasteiger partial charge in [0, 0.05) is 25.7 Å². The minimum Gasteiger partial charge on any atom is -0.312 e. The summed E-state index contributed by atoms with van der Waals surface area (Å²) in [5.41, 5.74) is 0. The first-order valence-electron chi connectivity index (χ1n) is 5.60. The molecule has 0 unspecified atom stereocenters. The third-order valence-corrected chi connectivity index (χ3v) is 5.01. The maximum absolute atomic E-state index is 13.0. The summed E-state index contributed by atoms with van der Waals surface area (Å²) >= 11 is 5.62. The van der Waals surface area contributed by atoms with Gasteiger partial charge in [-0.15, -0.1) is 0 Å². The predicted octanol–water partition coefficient (Wildman–Crippen LogP) is 1.46. The van der Waals surface area contributed by atoms with Crippen molar-refractivity contribution in [2.24, 2.45) is 0 Å². The van der Waals surface area contributed by atoms with Gasteiger partial charge >= 0.3 is 0 Å². The highest BCUT2D eigenvalue weighted by Gasteiger charge is 2.28. The van der Waals surface area contributed by atoms with Crippen molar-refractivity contribution in [1.29, 1.82) is 0 Å². The smallest absolute Gasteiger partial charge is 0.243 e. The van der Waals surface area contributed by atoms with Crippen molar-refractivity contribution in [3.8, 4) is 0 Å². The van der Waals surface area contributed by atoms with E-state index >= 15 is 0 Å². The highest BCUT2D eigenvalue weighted by molar-refractivity contribution is 7.89. The Balaban J connectivity index is 2.32. The van der Waals surface area contributed by atoms with Gasteiger partial charge in [-0.2, -0.15) is 4.31 Å². The fraction of sp³-hybridized carbons (Fsp3) is 0.455. The quantitative estimate of drug-likeness (QED) is 0.898. The van der Waals surface area contributed by atoms with Crippen LogP contribution >= 0.6 is 11.6 Å². The zero-order chi connectivity index (χ0) is 13.3. The summed E-state index contributed by atoms with van der Waals surface area (Å²) in [6.07, 6.45) is 0. The number of sulfonamides is 1. The molecule has 0 radical (unpaired) electrons. The van der Waals surface area contributed by atoms with Gasteiger partial charge in [-0.3, -0.25) is 0 Å². The zero-order valence-corrected chi connectivity index (χ0v) is 11.4. The van der Waals surface area contributed by atoms with Crippen molar-refractivity contribution < 1.29 is 12.8 Å². The number of nitrogens with one attached hydrogen (secondary N) is 1. The SMILES string of the molecule is C[C@@H]1CN(S(=O)(=O)c2ccc(F)c(Cl)c2)CCN1. The average Bonchev–Trinajstić information content (AvgIpc) is 2.32. The van der Waals surface area contributed by atoms with E-state index in [9.17, 15) is 12.8 Å². The molecule has 0 spiro atoms.